The molecule has 174 valence electrons. The molecule has 9 nitrogen and oxygen atoms in total. The molecule has 0 spiro atoms. The van der Waals surface area contributed by atoms with Crippen molar-refractivity contribution in [3.8, 4) is 17.2 Å². The van der Waals surface area contributed by atoms with Gasteiger partial charge in [-0.15, -0.1) is 0 Å². The minimum atomic E-state index is -1.30. The first kappa shape index (κ1) is 22.9. The van der Waals surface area contributed by atoms with E-state index in [-0.39, 0.29) is 6.54 Å². The molecule has 1 aliphatic heterocycles. The molecule has 0 radical (unpaired) electrons. The van der Waals surface area contributed by atoms with Gasteiger partial charge in [0.2, 0.25) is 0 Å². The zero-order valence-corrected chi connectivity index (χ0v) is 18.8. The third-order valence-electron chi connectivity index (χ3n) is 5.60. The molecule has 0 bridgehead atoms. The highest BCUT2D eigenvalue weighted by atomic mass is 16.5. The van der Waals surface area contributed by atoms with E-state index in [1.807, 2.05) is 18.0 Å². The number of carbonyl (C=O) groups is 3. The summed E-state index contributed by atoms with van der Waals surface area (Å²) >= 11 is 0. The first-order valence-corrected chi connectivity index (χ1v) is 10.6. The summed E-state index contributed by atoms with van der Waals surface area (Å²) in [6, 6.07) is 15.1. The van der Waals surface area contributed by atoms with Crippen LogP contribution in [0.25, 0.3) is 0 Å². The quantitative estimate of drug-likeness (QED) is 0.373. The van der Waals surface area contributed by atoms with E-state index < -0.39 is 17.5 Å². The Bertz CT molecular complexity index is 1200. The van der Waals surface area contributed by atoms with Crippen LogP contribution in [-0.2, 0) is 16.9 Å². The second-order valence-electron chi connectivity index (χ2n) is 7.98. The number of nitrogens with one attached hydrogen (secondary N) is 2. The molecule has 3 amide bonds. The number of hydrogen-bond acceptors (Lipinski definition) is 7. The van der Waals surface area contributed by atoms with Gasteiger partial charge in [0.25, 0.3) is 5.91 Å². The summed E-state index contributed by atoms with van der Waals surface area (Å²) in [5, 5.41) is 5.13. The molecule has 1 aliphatic rings. The summed E-state index contributed by atoms with van der Waals surface area (Å²) in [6.07, 6.45) is 4.03. The van der Waals surface area contributed by atoms with Gasteiger partial charge in [-0.25, -0.2) is 4.79 Å². The third kappa shape index (κ3) is 4.74. The van der Waals surface area contributed by atoms with E-state index in [4.69, 9.17) is 9.47 Å². The molecular weight excluding hydrogens is 436 g/mol. The van der Waals surface area contributed by atoms with Gasteiger partial charge in [0.05, 0.1) is 7.11 Å². The van der Waals surface area contributed by atoms with Gasteiger partial charge in [0.15, 0.2) is 11.8 Å². The standard InChI is InChI=1S/C25H24N4O5/c1-29(14-17-3-6-22(33-2)13-18(17)15-30)16-25(23(31)27-24(32)28-25)19-4-7-20(8-5-19)34-21-9-11-26-12-10-21/h3-13,15H,14,16H2,1-2H3,(H2,27,28,31,32)/t25-/m0/s1. The van der Waals surface area contributed by atoms with Crippen LogP contribution in [0.2, 0.25) is 0 Å². The number of nitrogens with zero attached hydrogens (tertiary/aromatic N) is 2. The molecule has 0 unspecified atom stereocenters. The Morgan fingerprint density at radius 1 is 1.00 bits per heavy atom. The normalized spacial score (nSPS) is 17.3. The van der Waals surface area contributed by atoms with Crippen LogP contribution in [0.3, 0.4) is 0 Å². The maximum absolute atomic E-state index is 12.9. The summed E-state index contributed by atoms with van der Waals surface area (Å²) < 4.78 is 11.0. The first-order chi connectivity index (χ1) is 16.4. The van der Waals surface area contributed by atoms with Crippen molar-refractivity contribution in [2.75, 3.05) is 20.7 Å². The molecule has 3 aromatic rings. The number of likely N-dealkylation sites (N-methyl/N-ethyl adjacent to an activating group) is 1. The fourth-order valence-corrected chi connectivity index (χ4v) is 3.95. The van der Waals surface area contributed by atoms with Crippen LogP contribution >= 0.6 is 0 Å². The maximum atomic E-state index is 12.9. The maximum Gasteiger partial charge on any atom is 0.322 e. The van der Waals surface area contributed by atoms with Gasteiger partial charge in [-0.2, -0.15) is 0 Å². The van der Waals surface area contributed by atoms with Crippen LogP contribution in [0, 0.1) is 0 Å². The molecule has 9 heteroatoms. The number of methoxy groups -OCH3 is 1. The molecule has 2 N–H and O–H groups in total. The van der Waals surface area contributed by atoms with Crippen molar-refractivity contribution in [2.45, 2.75) is 12.1 Å². The van der Waals surface area contributed by atoms with Gasteiger partial charge in [-0.3, -0.25) is 24.8 Å². The van der Waals surface area contributed by atoms with Crippen LogP contribution in [0.15, 0.2) is 67.0 Å². The highest BCUT2D eigenvalue weighted by Gasteiger charge is 2.48. The van der Waals surface area contributed by atoms with E-state index in [0.29, 0.717) is 34.9 Å². The fourth-order valence-electron chi connectivity index (χ4n) is 3.95. The monoisotopic (exact) mass is 460 g/mol. The minimum absolute atomic E-state index is 0.180. The lowest BCUT2D eigenvalue weighted by Gasteiger charge is -2.31. The SMILES string of the molecule is COc1ccc(CN(C)C[C@@]2(c3ccc(Oc4ccncc4)cc3)NC(=O)NC2=O)c(C=O)c1. The Kier molecular flexibility index (Phi) is 6.55. The molecule has 2 aromatic carbocycles. The number of imide groups is 1. The molecular formula is C25H24N4O5. The summed E-state index contributed by atoms with van der Waals surface area (Å²) in [7, 11) is 3.35. The molecule has 2 heterocycles. The minimum Gasteiger partial charge on any atom is -0.497 e. The zero-order valence-electron chi connectivity index (χ0n) is 18.8. The van der Waals surface area contributed by atoms with Gasteiger partial charge < -0.3 is 14.8 Å². The topological polar surface area (TPSA) is 110 Å². The lowest BCUT2D eigenvalue weighted by molar-refractivity contribution is -0.125. The van der Waals surface area contributed by atoms with Crippen LogP contribution in [0.4, 0.5) is 4.79 Å². The Hall–Kier alpha value is -4.24. The van der Waals surface area contributed by atoms with Gasteiger partial charge in [0, 0.05) is 31.0 Å². The number of urea groups is 1. The Morgan fingerprint density at radius 2 is 1.68 bits per heavy atom. The summed E-state index contributed by atoms with van der Waals surface area (Å²) in [4.78, 5) is 42.4. The van der Waals surface area contributed by atoms with Gasteiger partial charge >= 0.3 is 6.03 Å². The molecule has 4 rings (SSSR count). The summed E-state index contributed by atoms with van der Waals surface area (Å²) in [5.41, 5.74) is 0.585. The zero-order chi connectivity index (χ0) is 24.1. The number of ether oxygens (including phenoxy) is 2. The van der Waals surface area contributed by atoms with Crippen molar-refractivity contribution in [3.05, 3.63) is 83.7 Å². The highest BCUT2D eigenvalue weighted by Crippen LogP contribution is 2.30. The molecule has 34 heavy (non-hydrogen) atoms. The van der Waals surface area contributed by atoms with Crippen molar-refractivity contribution in [1.82, 2.24) is 20.5 Å². The molecule has 0 saturated carbocycles. The predicted octanol–water partition coefficient (Wildman–Crippen LogP) is 2.86. The van der Waals surface area contributed by atoms with E-state index in [9.17, 15) is 14.4 Å². The summed E-state index contributed by atoms with van der Waals surface area (Å²) in [5.74, 6) is 1.35. The van der Waals surface area contributed by atoms with Crippen molar-refractivity contribution >= 4 is 18.2 Å². The number of rotatable bonds is 9. The molecule has 1 atom stereocenters. The average molecular weight is 460 g/mol. The number of benzene rings is 2. The first-order valence-electron chi connectivity index (χ1n) is 10.6. The highest BCUT2D eigenvalue weighted by molar-refractivity contribution is 6.07. The van der Waals surface area contributed by atoms with Crippen LogP contribution in [0.1, 0.15) is 21.5 Å². The lowest BCUT2D eigenvalue weighted by Crippen LogP contribution is -2.51. The predicted molar refractivity (Wildman–Crippen MR) is 124 cm³/mol. The lowest BCUT2D eigenvalue weighted by atomic mass is 9.89. The van der Waals surface area contributed by atoms with Crippen molar-refractivity contribution in [3.63, 3.8) is 0 Å². The number of amides is 3. The number of hydrogen-bond donors (Lipinski definition) is 2. The number of carbonyl (C=O) groups excluding carboxylic acids is 3. The van der Waals surface area contributed by atoms with Crippen molar-refractivity contribution in [1.29, 1.82) is 0 Å². The second-order valence-corrected chi connectivity index (χ2v) is 7.98. The van der Waals surface area contributed by atoms with E-state index in [1.54, 1.807) is 60.9 Å². The average Bonchev–Trinajstić information content (AvgIpc) is 3.13. The Balaban J connectivity index is 1.57. The number of pyridine rings is 1. The van der Waals surface area contributed by atoms with Crippen LogP contribution < -0.4 is 20.1 Å². The van der Waals surface area contributed by atoms with E-state index in [0.717, 1.165) is 11.8 Å². The molecule has 0 aliphatic carbocycles. The Labute approximate surface area is 196 Å². The van der Waals surface area contributed by atoms with Crippen LogP contribution in [-0.4, -0.2) is 48.8 Å². The van der Waals surface area contributed by atoms with Crippen molar-refractivity contribution in [2.24, 2.45) is 0 Å². The van der Waals surface area contributed by atoms with Crippen molar-refractivity contribution < 1.29 is 23.9 Å². The fraction of sp³-hybridized carbons (Fsp3) is 0.200. The van der Waals surface area contributed by atoms with Crippen LogP contribution in [0.5, 0.6) is 17.2 Å². The van der Waals surface area contributed by atoms with E-state index in [1.165, 1.54) is 7.11 Å². The smallest absolute Gasteiger partial charge is 0.322 e. The molecule has 1 saturated heterocycles. The number of aldehydes is 1. The van der Waals surface area contributed by atoms with Gasteiger partial charge in [-0.05, 0) is 54.6 Å². The Morgan fingerprint density at radius 3 is 2.29 bits per heavy atom. The summed E-state index contributed by atoms with van der Waals surface area (Å²) in [6.45, 7) is 0.561. The van der Waals surface area contributed by atoms with E-state index in [2.05, 4.69) is 15.6 Å². The largest absolute Gasteiger partial charge is 0.497 e. The molecule has 1 aromatic heterocycles. The second kappa shape index (κ2) is 9.72. The van der Waals surface area contributed by atoms with E-state index >= 15 is 0 Å². The number of aromatic nitrogens is 1. The molecule has 1 fully saturated rings. The van der Waals surface area contributed by atoms with Gasteiger partial charge in [-0.1, -0.05) is 18.2 Å². The third-order valence-corrected chi connectivity index (χ3v) is 5.60. The van der Waals surface area contributed by atoms with Gasteiger partial charge in [0.1, 0.15) is 17.2 Å².